The summed E-state index contributed by atoms with van der Waals surface area (Å²) in [4.78, 5) is 14.1. The Morgan fingerprint density at radius 3 is 2.43 bits per heavy atom. The van der Waals surface area contributed by atoms with Gasteiger partial charge in [0, 0.05) is 43.1 Å². The molecule has 1 aromatic carbocycles. The molecule has 1 aromatic heterocycles. The van der Waals surface area contributed by atoms with Crippen molar-refractivity contribution in [2.45, 2.75) is 64.8 Å². The first-order valence-corrected chi connectivity index (χ1v) is 9.99. The number of rotatable bonds is 4. The van der Waals surface area contributed by atoms with E-state index >= 15 is 0 Å². The lowest BCUT2D eigenvalue weighted by molar-refractivity contribution is -0.688. The number of aromatic nitrogens is 1. The van der Waals surface area contributed by atoms with Crippen molar-refractivity contribution in [3.8, 4) is 5.75 Å². The SMILES string of the molecule is C[C@H]1C[C@H](Oc2cc[n+](Cc3ccccc3)cc2)CCN1C(=O)OC(C)(C)C. The Labute approximate surface area is 167 Å². The van der Waals surface area contributed by atoms with Crippen LogP contribution in [0.2, 0.25) is 0 Å². The van der Waals surface area contributed by atoms with Crippen LogP contribution in [0.1, 0.15) is 46.1 Å². The molecule has 1 fully saturated rings. The molecule has 0 spiro atoms. The van der Waals surface area contributed by atoms with E-state index in [1.165, 1.54) is 5.56 Å². The predicted octanol–water partition coefficient (Wildman–Crippen LogP) is 4.19. The van der Waals surface area contributed by atoms with E-state index in [1.807, 2.05) is 56.3 Å². The Morgan fingerprint density at radius 1 is 1.14 bits per heavy atom. The second-order valence-electron chi connectivity index (χ2n) is 8.48. The summed E-state index contributed by atoms with van der Waals surface area (Å²) >= 11 is 0. The van der Waals surface area contributed by atoms with E-state index in [9.17, 15) is 4.79 Å². The van der Waals surface area contributed by atoms with Gasteiger partial charge in [-0.25, -0.2) is 9.36 Å². The number of likely N-dealkylation sites (tertiary alicyclic amines) is 1. The van der Waals surface area contributed by atoms with Crippen LogP contribution >= 0.6 is 0 Å². The van der Waals surface area contributed by atoms with Crippen LogP contribution in [0.3, 0.4) is 0 Å². The van der Waals surface area contributed by atoms with E-state index in [2.05, 4.69) is 35.8 Å². The normalized spacial score (nSPS) is 19.9. The number of ether oxygens (including phenoxy) is 2. The summed E-state index contributed by atoms with van der Waals surface area (Å²) in [6.45, 7) is 9.23. The highest BCUT2D eigenvalue weighted by molar-refractivity contribution is 5.68. The molecule has 5 heteroatoms. The Kier molecular flexibility index (Phi) is 6.22. The highest BCUT2D eigenvalue weighted by Crippen LogP contribution is 2.24. The second-order valence-corrected chi connectivity index (χ2v) is 8.48. The van der Waals surface area contributed by atoms with Gasteiger partial charge >= 0.3 is 6.09 Å². The maximum absolute atomic E-state index is 12.3. The molecule has 0 aliphatic carbocycles. The molecule has 3 rings (SSSR count). The molecule has 28 heavy (non-hydrogen) atoms. The summed E-state index contributed by atoms with van der Waals surface area (Å²) < 4.78 is 13.8. The summed E-state index contributed by atoms with van der Waals surface area (Å²) in [5.74, 6) is 0.868. The molecule has 0 saturated carbocycles. The summed E-state index contributed by atoms with van der Waals surface area (Å²) in [7, 11) is 0. The molecule has 2 atom stereocenters. The number of benzene rings is 1. The summed E-state index contributed by atoms with van der Waals surface area (Å²) in [6.07, 6.45) is 5.57. The average molecular weight is 384 g/mol. The van der Waals surface area contributed by atoms with Crippen LogP contribution in [-0.2, 0) is 11.3 Å². The van der Waals surface area contributed by atoms with Gasteiger partial charge in [0.25, 0.3) is 0 Å². The third kappa shape index (κ3) is 5.72. The maximum atomic E-state index is 12.3. The fourth-order valence-electron chi connectivity index (χ4n) is 3.44. The number of hydrogen-bond acceptors (Lipinski definition) is 3. The molecule has 0 radical (unpaired) electrons. The summed E-state index contributed by atoms with van der Waals surface area (Å²) in [5.41, 5.74) is 0.799. The zero-order valence-corrected chi connectivity index (χ0v) is 17.3. The quantitative estimate of drug-likeness (QED) is 0.744. The van der Waals surface area contributed by atoms with Crippen LogP contribution in [0.25, 0.3) is 0 Å². The maximum Gasteiger partial charge on any atom is 0.410 e. The zero-order valence-electron chi connectivity index (χ0n) is 17.3. The van der Waals surface area contributed by atoms with Crippen LogP contribution in [0.5, 0.6) is 5.75 Å². The largest absolute Gasteiger partial charge is 0.490 e. The van der Waals surface area contributed by atoms with Gasteiger partial charge in [-0.2, -0.15) is 0 Å². The number of hydrogen-bond donors (Lipinski definition) is 0. The third-order valence-corrected chi connectivity index (χ3v) is 4.83. The fraction of sp³-hybridized carbons (Fsp3) is 0.478. The monoisotopic (exact) mass is 383 g/mol. The summed E-state index contributed by atoms with van der Waals surface area (Å²) in [6, 6.07) is 14.5. The lowest BCUT2D eigenvalue weighted by Gasteiger charge is -2.38. The third-order valence-electron chi connectivity index (χ3n) is 4.83. The van der Waals surface area contributed by atoms with E-state index in [1.54, 1.807) is 0 Å². The van der Waals surface area contributed by atoms with Gasteiger partial charge in [-0.1, -0.05) is 30.3 Å². The van der Waals surface area contributed by atoms with Crippen LogP contribution in [0, 0.1) is 0 Å². The Morgan fingerprint density at radius 2 is 1.82 bits per heavy atom. The first-order valence-electron chi connectivity index (χ1n) is 9.99. The Balaban J connectivity index is 1.52. The van der Waals surface area contributed by atoms with Gasteiger partial charge in [-0.3, -0.25) is 0 Å². The average Bonchev–Trinajstić information content (AvgIpc) is 2.63. The van der Waals surface area contributed by atoms with Crippen LogP contribution in [-0.4, -0.2) is 35.3 Å². The topological polar surface area (TPSA) is 42.7 Å². The second kappa shape index (κ2) is 8.63. The Bertz CT molecular complexity index is 769. The predicted molar refractivity (Wildman–Crippen MR) is 108 cm³/mol. The molecule has 0 N–H and O–H groups in total. The molecular formula is C23H31N2O3+. The highest BCUT2D eigenvalue weighted by atomic mass is 16.6. The van der Waals surface area contributed by atoms with Gasteiger partial charge in [0.1, 0.15) is 17.5 Å². The minimum atomic E-state index is -0.469. The van der Waals surface area contributed by atoms with Crippen molar-refractivity contribution in [3.63, 3.8) is 0 Å². The van der Waals surface area contributed by atoms with Gasteiger partial charge in [0.15, 0.2) is 18.9 Å². The lowest BCUT2D eigenvalue weighted by atomic mass is 10.0. The standard InChI is InChI=1S/C23H31N2O3/c1-18-16-21(12-15-25(18)22(26)28-23(2,3)4)27-20-10-13-24(14-11-20)17-19-8-6-5-7-9-19/h5-11,13-14,18,21H,12,15-17H2,1-4H3/q+1/t18-,21+/m0/s1. The van der Waals surface area contributed by atoms with Crippen molar-refractivity contribution in [2.24, 2.45) is 0 Å². The van der Waals surface area contributed by atoms with Crippen LogP contribution < -0.4 is 9.30 Å². The molecule has 150 valence electrons. The molecule has 1 aliphatic heterocycles. The van der Waals surface area contributed by atoms with Gasteiger partial charge in [0.2, 0.25) is 0 Å². The molecule has 2 heterocycles. The molecular weight excluding hydrogens is 352 g/mol. The van der Waals surface area contributed by atoms with Gasteiger partial charge in [0.05, 0.1) is 0 Å². The van der Waals surface area contributed by atoms with Gasteiger partial charge < -0.3 is 14.4 Å². The number of pyridine rings is 1. The molecule has 1 saturated heterocycles. The van der Waals surface area contributed by atoms with Crippen LogP contribution in [0.15, 0.2) is 54.9 Å². The van der Waals surface area contributed by atoms with Crippen molar-refractivity contribution < 1.29 is 18.8 Å². The molecule has 5 nitrogen and oxygen atoms in total. The van der Waals surface area contributed by atoms with E-state index in [0.29, 0.717) is 6.54 Å². The fourth-order valence-corrected chi connectivity index (χ4v) is 3.44. The van der Waals surface area contributed by atoms with E-state index < -0.39 is 5.60 Å². The lowest BCUT2D eigenvalue weighted by Crippen LogP contribution is -2.49. The molecule has 1 aliphatic rings. The van der Waals surface area contributed by atoms with Gasteiger partial charge in [-0.05, 0) is 27.7 Å². The first-order chi connectivity index (χ1) is 13.3. The minimum Gasteiger partial charge on any atom is -0.490 e. The molecule has 2 aromatic rings. The highest BCUT2D eigenvalue weighted by Gasteiger charge is 2.32. The minimum absolute atomic E-state index is 0.0975. The number of carbonyl (C=O) groups is 1. The van der Waals surface area contributed by atoms with Crippen molar-refractivity contribution >= 4 is 6.09 Å². The Hall–Kier alpha value is -2.56. The van der Waals surface area contributed by atoms with Gasteiger partial charge in [-0.15, -0.1) is 0 Å². The van der Waals surface area contributed by atoms with E-state index in [-0.39, 0.29) is 18.2 Å². The number of amides is 1. The van der Waals surface area contributed by atoms with Crippen molar-refractivity contribution in [2.75, 3.05) is 6.54 Å². The smallest absolute Gasteiger partial charge is 0.410 e. The number of nitrogens with zero attached hydrogens (tertiary/aromatic N) is 2. The zero-order chi connectivity index (χ0) is 20.1. The van der Waals surface area contributed by atoms with Crippen molar-refractivity contribution in [1.82, 2.24) is 4.90 Å². The molecule has 1 amide bonds. The first kappa shape index (κ1) is 20.2. The van der Waals surface area contributed by atoms with Crippen molar-refractivity contribution in [3.05, 3.63) is 60.4 Å². The van der Waals surface area contributed by atoms with Crippen LogP contribution in [0.4, 0.5) is 4.79 Å². The number of carbonyl (C=O) groups excluding carboxylic acids is 1. The van der Waals surface area contributed by atoms with E-state index in [4.69, 9.17) is 9.47 Å². The molecule has 0 unspecified atom stereocenters. The molecule has 0 bridgehead atoms. The van der Waals surface area contributed by atoms with Crippen molar-refractivity contribution in [1.29, 1.82) is 0 Å². The number of piperidine rings is 1. The van der Waals surface area contributed by atoms with E-state index in [0.717, 1.165) is 25.1 Å². The summed E-state index contributed by atoms with van der Waals surface area (Å²) in [5, 5.41) is 0.